The lowest BCUT2D eigenvalue weighted by molar-refractivity contribution is 0.925. The Morgan fingerprint density at radius 3 is 2.60 bits per heavy atom. The molecule has 0 saturated carbocycles. The first-order valence-corrected chi connectivity index (χ1v) is 7.83. The van der Waals surface area contributed by atoms with Crippen molar-refractivity contribution in [1.29, 1.82) is 0 Å². The Hall–Kier alpha value is -3.63. The first-order valence-electron chi connectivity index (χ1n) is 7.83. The maximum atomic E-state index is 8.65. The molecule has 0 aliphatic carbocycles. The molecule has 120 valence electrons. The number of aromatic nitrogens is 3. The SMILES string of the molecule is Cc1nn2c(-c3cccc(N=[N+]=[N-])c3)ccnc2c1-c1ccccc1. The summed E-state index contributed by atoms with van der Waals surface area (Å²) in [5.41, 5.74) is 14.8. The van der Waals surface area contributed by atoms with E-state index in [0.717, 1.165) is 33.7 Å². The van der Waals surface area contributed by atoms with Gasteiger partial charge in [-0.1, -0.05) is 53.6 Å². The summed E-state index contributed by atoms with van der Waals surface area (Å²) in [5, 5.41) is 8.37. The minimum Gasteiger partial charge on any atom is -0.236 e. The predicted molar refractivity (Wildman–Crippen MR) is 97.4 cm³/mol. The van der Waals surface area contributed by atoms with Crippen molar-refractivity contribution in [3.63, 3.8) is 0 Å². The molecule has 0 bridgehead atoms. The average molecular weight is 326 g/mol. The number of aryl methyl sites for hydroxylation is 1. The summed E-state index contributed by atoms with van der Waals surface area (Å²) in [6.45, 7) is 1.98. The Morgan fingerprint density at radius 2 is 1.80 bits per heavy atom. The van der Waals surface area contributed by atoms with Crippen molar-refractivity contribution >= 4 is 11.3 Å². The predicted octanol–water partition coefficient (Wildman–Crippen LogP) is 5.31. The van der Waals surface area contributed by atoms with Crippen LogP contribution in [-0.4, -0.2) is 14.6 Å². The van der Waals surface area contributed by atoms with Gasteiger partial charge in [0.15, 0.2) is 5.65 Å². The fraction of sp³-hybridized carbons (Fsp3) is 0.0526. The van der Waals surface area contributed by atoms with E-state index >= 15 is 0 Å². The van der Waals surface area contributed by atoms with Gasteiger partial charge in [-0.3, -0.25) is 0 Å². The van der Waals surface area contributed by atoms with Crippen molar-refractivity contribution in [2.24, 2.45) is 5.11 Å². The van der Waals surface area contributed by atoms with Crippen molar-refractivity contribution in [2.45, 2.75) is 6.92 Å². The summed E-state index contributed by atoms with van der Waals surface area (Å²) in [6.07, 6.45) is 1.78. The molecule has 0 fully saturated rings. The van der Waals surface area contributed by atoms with Crippen LogP contribution in [0, 0.1) is 6.92 Å². The Kier molecular flexibility index (Phi) is 3.65. The zero-order valence-corrected chi connectivity index (χ0v) is 13.5. The molecule has 0 amide bonds. The highest BCUT2D eigenvalue weighted by Crippen LogP contribution is 2.30. The van der Waals surface area contributed by atoms with Crippen LogP contribution >= 0.6 is 0 Å². The van der Waals surface area contributed by atoms with Gasteiger partial charge in [0, 0.05) is 27.9 Å². The molecule has 2 aromatic carbocycles. The number of hydrogen-bond acceptors (Lipinski definition) is 3. The molecule has 0 aliphatic rings. The second kappa shape index (κ2) is 6.11. The van der Waals surface area contributed by atoms with Crippen LogP contribution in [0.2, 0.25) is 0 Å². The summed E-state index contributed by atoms with van der Waals surface area (Å²) in [7, 11) is 0. The van der Waals surface area contributed by atoms with Gasteiger partial charge in [-0.15, -0.1) is 0 Å². The lowest BCUT2D eigenvalue weighted by atomic mass is 10.1. The molecule has 0 aliphatic heterocycles. The van der Waals surface area contributed by atoms with Gasteiger partial charge in [-0.25, -0.2) is 9.50 Å². The van der Waals surface area contributed by atoms with Gasteiger partial charge >= 0.3 is 0 Å². The van der Waals surface area contributed by atoms with E-state index in [1.165, 1.54) is 0 Å². The molecule has 4 aromatic rings. The molecule has 4 rings (SSSR count). The highest BCUT2D eigenvalue weighted by molar-refractivity contribution is 5.81. The molecular weight excluding hydrogens is 312 g/mol. The number of fused-ring (bicyclic) bond motifs is 1. The fourth-order valence-corrected chi connectivity index (χ4v) is 2.99. The molecule has 0 radical (unpaired) electrons. The van der Waals surface area contributed by atoms with Crippen molar-refractivity contribution in [3.8, 4) is 22.4 Å². The zero-order valence-electron chi connectivity index (χ0n) is 13.5. The molecule has 0 unspecified atom stereocenters. The second-order valence-electron chi connectivity index (χ2n) is 5.63. The molecule has 0 atom stereocenters. The normalized spacial score (nSPS) is 10.6. The molecule has 2 aromatic heterocycles. The van der Waals surface area contributed by atoms with Crippen LogP contribution in [0.5, 0.6) is 0 Å². The lowest BCUT2D eigenvalue weighted by Gasteiger charge is -2.06. The third-order valence-corrected chi connectivity index (χ3v) is 4.06. The maximum Gasteiger partial charge on any atom is 0.163 e. The van der Waals surface area contributed by atoms with Crippen LogP contribution in [0.3, 0.4) is 0 Å². The van der Waals surface area contributed by atoms with Gasteiger partial charge in [0.2, 0.25) is 0 Å². The Bertz CT molecular complexity index is 1110. The van der Waals surface area contributed by atoms with Gasteiger partial charge in [0.05, 0.1) is 11.4 Å². The second-order valence-corrected chi connectivity index (χ2v) is 5.63. The van der Waals surface area contributed by atoms with E-state index < -0.39 is 0 Å². The summed E-state index contributed by atoms with van der Waals surface area (Å²) in [5.74, 6) is 0. The summed E-state index contributed by atoms with van der Waals surface area (Å²) < 4.78 is 1.84. The van der Waals surface area contributed by atoms with Crippen molar-refractivity contribution in [1.82, 2.24) is 14.6 Å². The van der Waals surface area contributed by atoms with Gasteiger partial charge < -0.3 is 0 Å². The van der Waals surface area contributed by atoms with E-state index in [4.69, 9.17) is 10.6 Å². The lowest BCUT2D eigenvalue weighted by Crippen LogP contribution is -1.95. The number of benzene rings is 2. The minimum atomic E-state index is 0.567. The Labute approximate surface area is 144 Å². The third-order valence-electron chi connectivity index (χ3n) is 4.06. The molecular formula is C19H14N6. The van der Waals surface area contributed by atoms with Crippen LogP contribution in [0.25, 0.3) is 38.5 Å². The highest BCUT2D eigenvalue weighted by atomic mass is 15.3. The van der Waals surface area contributed by atoms with Crippen LogP contribution in [-0.2, 0) is 0 Å². The molecule has 0 N–H and O–H groups in total. The number of nitrogens with zero attached hydrogens (tertiary/aromatic N) is 6. The summed E-state index contributed by atoms with van der Waals surface area (Å²) in [4.78, 5) is 7.39. The number of azide groups is 1. The van der Waals surface area contributed by atoms with E-state index in [2.05, 4.69) is 27.1 Å². The molecule has 25 heavy (non-hydrogen) atoms. The standard InChI is InChI=1S/C19H14N6/c1-13-18(14-6-3-2-4-7-14)19-21-11-10-17(25(19)23-13)15-8-5-9-16(12-15)22-24-20/h2-12H,1H3. The Morgan fingerprint density at radius 1 is 1.00 bits per heavy atom. The summed E-state index contributed by atoms with van der Waals surface area (Å²) >= 11 is 0. The van der Waals surface area contributed by atoms with E-state index in [1.54, 1.807) is 12.3 Å². The largest absolute Gasteiger partial charge is 0.236 e. The molecule has 6 heteroatoms. The smallest absolute Gasteiger partial charge is 0.163 e. The zero-order chi connectivity index (χ0) is 17.2. The van der Waals surface area contributed by atoms with Gasteiger partial charge in [-0.2, -0.15) is 5.10 Å². The fourth-order valence-electron chi connectivity index (χ4n) is 2.99. The van der Waals surface area contributed by atoms with E-state index in [0.29, 0.717) is 5.69 Å². The number of hydrogen-bond donors (Lipinski definition) is 0. The quantitative estimate of drug-likeness (QED) is 0.290. The van der Waals surface area contributed by atoms with Crippen LogP contribution in [0.15, 0.2) is 72.0 Å². The van der Waals surface area contributed by atoms with Crippen molar-refractivity contribution in [3.05, 3.63) is 83.0 Å². The van der Waals surface area contributed by atoms with Crippen molar-refractivity contribution in [2.75, 3.05) is 0 Å². The van der Waals surface area contributed by atoms with E-state index in [-0.39, 0.29) is 0 Å². The van der Waals surface area contributed by atoms with Crippen molar-refractivity contribution < 1.29 is 0 Å². The van der Waals surface area contributed by atoms with Gasteiger partial charge in [0.25, 0.3) is 0 Å². The first kappa shape index (κ1) is 14.9. The van der Waals surface area contributed by atoms with Crippen LogP contribution in [0.1, 0.15) is 5.69 Å². The average Bonchev–Trinajstić information content (AvgIpc) is 2.98. The van der Waals surface area contributed by atoms with E-state index in [1.807, 2.05) is 53.9 Å². The van der Waals surface area contributed by atoms with Gasteiger partial charge in [0.1, 0.15) is 0 Å². The monoisotopic (exact) mass is 326 g/mol. The summed E-state index contributed by atoms with van der Waals surface area (Å²) in [6, 6.07) is 19.5. The maximum absolute atomic E-state index is 8.65. The molecule has 6 nitrogen and oxygen atoms in total. The number of rotatable bonds is 3. The topological polar surface area (TPSA) is 79.0 Å². The third kappa shape index (κ3) is 2.60. The minimum absolute atomic E-state index is 0.567. The van der Waals surface area contributed by atoms with Crippen LogP contribution in [0.4, 0.5) is 5.69 Å². The molecule has 2 heterocycles. The highest BCUT2D eigenvalue weighted by Gasteiger charge is 2.15. The molecule has 0 spiro atoms. The van der Waals surface area contributed by atoms with Gasteiger partial charge in [-0.05, 0) is 30.2 Å². The van der Waals surface area contributed by atoms with E-state index in [9.17, 15) is 0 Å². The van der Waals surface area contributed by atoms with Crippen LogP contribution < -0.4 is 0 Å². The first-order chi connectivity index (χ1) is 12.3. The molecule has 0 saturated heterocycles. The Balaban J connectivity index is 1.96.